The number of urea groups is 1. The predicted octanol–water partition coefficient (Wildman–Crippen LogP) is 2.29. The topological polar surface area (TPSA) is 95.7 Å². The van der Waals surface area contributed by atoms with Gasteiger partial charge in [-0.25, -0.2) is 4.79 Å². The van der Waals surface area contributed by atoms with Crippen LogP contribution in [0.25, 0.3) is 0 Å². The third kappa shape index (κ3) is 2.65. The SMILES string of the molecule is Cc1noc(C)c1C(C)CNC(=O)N1C[C@@H]2CCC[C@@]2(C(=O)O)C1. The molecule has 3 atom stereocenters. The van der Waals surface area contributed by atoms with E-state index >= 15 is 0 Å². The minimum Gasteiger partial charge on any atom is -0.481 e. The maximum atomic E-state index is 12.5. The van der Waals surface area contributed by atoms with E-state index in [4.69, 9.17) is 4.52 Å². The van der Waals surface area contributed by atoms with Crippen LogP contribution in [0.5, 0.6) is 0 Å². The van der Waals surface area contributed by atoms with E-state index in [-0.39, 0.29) is 17.9 Å². The van der Waals surface area contributed by atoms with Gasteiger partial charge < -0.3 is 19.8 Å². The van der Waals surface area contributed by atoms with Crippen molar-refractivity contribution >= 4 is 12.0 Å². The lowest BCUT2D eigenvalue weighted by Crippen LogP contribution is -2.42. The van der Waals surface area contributed by atoms with E-state index in [2.05, 4.69) is 10.5 Å². The summed E-state index contributed by atoms with van der Waals surface area (Å²) in [4.78, 5) is 25.8. The molecule has 7 nitrogen and oxygen atoms in total. The number of hydrogen-bond acceptors (Lipinski definition) is 4. The molecule has 0 radical (unpaired) electrons. The standard InChI is InChI=1S/C17H25N3O4/c1-10(14-11(2)19-24-12(14)3)7-18-16(23)20-8-13-5-4-6-17(13,9-20)15(21)22/h10,13H,4-9H2,1-3H3,(H,18,23)(H,21,22)/t10?,13-,17+/m0/s1. The number of hydrogen-bond donors (Lipinski definition) is 2. The number of carbonyl (C=O) groups excluding carboxylic acids is 1. The van der Waals surface area contributed by atoms with Crippen LogP contribution in [0.2, 0.25) is 0 Å². The maximum absolute atomic E-state index is 12.5. The molecule has 0 spiro atoms. The molecule has 24 heavy (non-hydrogen) atoms. The first-order valence-electron chi connectivity index (χ1n) is 8.54. The Morgan fingerprint density at radius 1 is 1.50 bits per heavy atom. The minimum absolute atomic E-state index is 0.0840. The van der Waals surface area contributed by atoms with Crippen LogP contribution in [-0.2, 0) is 4.79 Å². The van der Waals surface area contributed by atoms with E-state index in [1.807, 2.05) is 20.8 Å². The van der Waals surface area contributed by atoms with Crippen molar-refractivity contribution in [3.8, 4) is 0 Å². The Morgan fingerprint density at radius 3 is 2.83 bits per heavy atom. The van der Waals surface area contributed by atoms with Gasteiger partial charge in [0.2, 0.25) is 0 Å². The highest BCUT2D eigenvalue weighted by Gasteiger charge is 2.55. The summed E-state index contributed by atoms with van der Waals surface area (Å²) < 4.78 is 5.17. The Kier molecular flexibility index (Phi) is 4.27. The molecule has 1 saturated heterocycles. The lowest BCUT2D eigenvalue weighted by atomic mass is 9.81. The zero-order chi connectivity index (χ0) is 17.5. The summed E-state index contributed by atoms with van der Waals surface area (Å²) in [6.45, 7) is 7.11. The van der Waals surface area contributed by atoms with Gasteiger partial charge in [0.05, 0.1) is 11.1 Å². The van der Waals surface area contributed by atoms with Gasteiger partial charge >= 0.3 is 12.0 Å². The Labute approximate surface area is 141 Å². The first-order valence-corrected chi connectivity index (χ1v) is 8.54. The van der Waals surface area contributed by atoms with Gasteiger partial charge in [0.25, 0.3) is 0 Å². The number of carboxylic acid groups (broad SMARTS) is 1. The van der Waals surface area contributed by atoms with Crippen LogP contribution in [0.15, 0.2) is 4.52 Å². The average molecular weight is 335 g/mol. The van der Waals surface area contributed by atoms with E-state index in [1.54, 1.807) is 4.90 Å². The number of rotatable bonds is 4. The number of amides is 2. The van der Waals surface area contributed by atoms with Crippen LogP contribution in [0.3, 0.4) is 0 Å². The monoisotopic (exact) mass is 335 g/mol. The summed E-state index contributed by atoms with van der Waals surface area (Å²) in [6, 6.07) is -0.177. The van der Waals surface area contributed by atoms with Crippen molar-refractivity contribution in [3.63, 3.8) is 0 Å². The van der Waals surface area contributed by atoms with E-state index in [0.717, 1.165) is 29.9 Å². The quantitative estimate of drug-likeness (QED) is 0.880. The number of aromatic nitrogens is 1. The predicted molar refractivity (Wildman–Crippen MR) is 86.8 cm³/mol. The molecular formula is C17H25N3O4. The summed E-state index contributed by atoms with van der Waals surface area (Å²) in [7, 11) is 0. The second-order valence-corrected chi connectivity index (χ2v) is 7.26. The zero-order valence-corrected chi connectivity index (χ0v) is 14.5. The molecule has 0 aromatic carbocycles. The van der Waals surface area contributed by atoms with Crippen LogP contribution in [-0.4, -0.2) is 46.8 Å². The largest absolute Gasteiger partial charge is 0.481 e. The summed E-state index contributed by atoms with van der Waals surface area (Å²) in [5, 5.41) is 16.5. The average Bonchev–Trinajstić information content (AvgIpc) is 3.17. The van der Waals surface area contributed by atoms with Gasteiger partial charge in [0.1, 0.15) is 5.76 Å². The first-order chi connectivity index (χ1) is 11.3. The summed E-state index contributed by atoms with van der Waals surface area (Å²) in [6.07, 6.45) is 2.51. The number of carbonyl (C=O) groups is 2. The fraction of sp³-hybridized carbons (Fsp3) is 0.706. The summed E-state index contributed by atoms with van der Waals surface area (Å²) in [5.74, 6) is 0.190. The molecule has 2 amide bonds. The molecule has 132 valence electrons. The first kappa shape index (κ1) is 16.8. The Bertz CT molecular complexity index is 637. The molecule has 2 N–H and O–H groups in total. The molecule has 2 fully saturated rings. The van der Waals surface area contributed by atoms with E-state index in [0.29, 0.717) is 26.1 Å². The normalized spacial score (nSPS) is 27.1. The number of nitrogens with one attached hydrogen (secondary N) is 1. The van der Waals surface area contributed by atoms with Gasteiger partial charge in [0, 0.05) is 31.1 Å². The Balaban J connectivity index is 1.60. The van der Waals surface area contributed by atoms with Crippen LogP contribution in [0.1, 0.15) is 49.1 Å². The van der Waals surface area contributed by atoms with Crippen molar-refractivity contribution in [3.05, 3.63) is 17.0 Å². The number of aliphatic carboxylic acids is 1. The lowest BCUT2D eigenvalue weighted by Gasteiger charge is -2.23. The molecule has 1 saturated carbocycles. The molecule has 3 rings (SSSR count). The van der Waals surface area contributed by atoms with Crippen LogP contribution >= 0.6 is 0 Å². The molecular weight excluding hydrogens is 310 g/mol. The van der Waals surface area contributed by atoms with Gasteiger partial charge in [-0.05, 0) is 32.6 Å². The maximum Gasteiger partial charge on any atom is 0.317 e. The number of aryl methyl sites for hydroxylation is 2. The second kappa shape index (κ2) is 6.11. The van der Waals surface area contributed by atoms with Gasteiger partial charge in [-0.3, -0.25) is 4.79 Å². The van der Waals surface area contributed by atoms with E-state index in [9.17, 15) is 14.7 Å². The highest BCUT2D eigenvalue weighted by atomic mass is 16.5. The van der Waals surface area contributed by atoms with Crippen molar-refractivity contribution in [1.29, 1.82) is 0 Å². The van der Waals surface area contributed by atoms with E-state index < -0.39 is 11.4 Å². The molecule has 2 heterocycles. The molecule has 1 aliphatic heterocycles. The molecule has 2 aliphatic rings. The van der Waals surface area contributed by atoms with Crippen LogP contribution < -0.4 is 5.32 Å². The minimum atomic E-state index is -0.760. The molecule has 1 aromatic rings. The zero-order valence-electron chi connectivity index (χ0n) is 14.5. The third-order valence-electron chi connectivity index (χ3n) is 5.72. The van der Waals surface area contributed by atoms with Crippen molar-refractivity contribution in [2.75, 3.05) is 19.6 Å². The highest BCUT2D eigenvalue weighted by Crippen LogP contribution is 2.48. The summed E-state index contributed by atoms with van der Waals surface area (Å²) in [5.41, 5.74) is 1.13. The molecule has 1 aromatic heterocycles. The smallest absolute Gasteiger partial charge is 0.317 e. The highest BCUT2D eigenvalue weighted by molar-refractivity contribution is 5.80. The van der Waals surface area contributed by atoms with Crippen molar-refractivity contribution in [2.24, 2.45) is 11.3 Å². The fourth-order valence-electron chi connectivity index (χ4n) is 4.44. The Hall–Kier alpha value is -2.05. The molecule has 7 heteroatoms. The van der Waals surface area contributed by atoms with Crippen LogP contribution in [0.4, 0.5) is 4.79 Å². The molecule has 0 bridgehead atoms. The lowest BCUT2D eigenvalue weighted by molar-refractivity contribution is -0.149. The number of fused-ring (bicyclic) bond motifs is 1. The summed E-state index contributed by atoms with van der Waals surface area (Å²) >= 11 is 0. The van der Waals surface area contributed by atoms with Crippen molar-refractivity contribution in [2.45, 2.75) is 46.0 Å². The number of carboxylic acids is 1. The number of likely N-dealkylation sites (tertiary alicyclic amines) is 1. The van der Waals surface area contributed by atoms with Gasteiger partial charge in [-0.15, -0.1) is 0 Å². The van der Waals surface area contributed by atoms with Crippen LogP contribution in [0, 0.1) is 25.2 Å². The fourth-order valence-corrected chi connectivity index (χ4v) is 4.44. The van der Waals surface area contributed by atoms with E-state index in [1.165, 1.54) is 0 Å². The van der Waals surface area contributed by atoms with Gasteiger partial charge in [-0.1, -0.05) is 18.5 Å². The number of nitrogens with zero attached hydrogens (tertiary/aromatic N) is 2. The van der Waals surface area contributed by atoms with Gasteiger partial charge in [0.15, 0.2) is 0 Å². The van der Waals surface area contributed by atoms with Crippen molar-refractivity contribution < 1.29 is 19.2 Å². The third-order valence-corrected chi connectivity index (χ3v) is 5.72. The second-order valence-electron chi connectivity index (χ2n) is 7.26. The Morgan fingerprint density at radius 2 is 2.25 bits per heavy atom. The van der Waals surface area contributed by atoms with Gasteiger partial charge in [-0.2, -0.15) is 0 Å². The molecule has 1 aliphatic carbocycles. The van der Waals surface area contributed by atoms with Crippen molar-refractivity contribution in [1.82, 2.24) is 15.4 Å². The molecule has 1 unspecified atom stereocenters.